The summed E-state index contributed by atoms with van der Waals surface area (Å²) in [7, 11) is 0. The second-order valence-electron chi connectivity index (χ2n) is 7.03. The van der Waals surface area contributed by atoms with Gasteiger partial charge in [-0.3, -0.25) is 0 Å². The van der Waals surface area contributed by atoms with Gasteiger partial charge in [0.2, 0.25) is 0 Å². The van der Waals surface area contributed by atoms with Crippen molar-refractivity contribution in [1.82, 2.24) is 0 Å². The summed E-state index contributed by atoms with van der Waals surface area (Å²) in [5, 5.41) is 11.9. The standard InChI is InChI=1S/C27H21NO/c1-20-9-13-22(14-10-20)25(18-28)17-21-11-15-26(16-12-21)29-19-24-7-4-6-23-5-2-3-8-27(23)24/h2-17H,19H2,1H3/b25-17+. The predicted molar refractivity (Wildman–Crippen MR) is 119 cm³/mol. The quantitative estimate of drug-likeness (QED) is 0.284. The molecule has 0 aliphatic carbocycles. The minimum atomic E-state index is 0.517. The van der Waals surface area contributed by atoms with E-state index >= 15 is 0 Å². The first kappa shape index (κ1) is 18.5. The minimum Gasteiger partial charge on any atom is -0.489 e. The first-order valence-corrected chi connectivity index (χ1v) is 9.61. The molecule has 140 valence electrons. The second kappa shape index (κ2) is 8.46. The van der Waals surface area contributed by atoms with Gasteiger partial charge in [0.15, 0.2) is 0 Å². The number of aryl methyl sites for hydroxylation is 1. The predicted octanol–water partition coefficient (Wildman–Crippen LogP) is 6.79. The molecule has 29 heavy (non-hydrogen) atoms. The van der Waals surface area contributed by atoms with Crippen LogP contribution in [0.5, 0.6) is 5.75 Å². The topological polar surface area (TPSA) is 33.0 Å². The van der Waals surface area contributed by atoms with Crippen molar-refractivity contribution in [3.63, 3.8) is 0 Å². The van der Waals surface area contributed by atoms with Gasteiger partial charge in [-0.25, -0.2) is 0 Å². The summed E-state index contributed by atoms with van der Waals surface area (Å²) in [5.41, 5.74) is 4.89. The highest BCUT2D eigenvalue weighted by Gasteiger charge is 2.03. The van der Waals surface area contributed by atoms with Crippen molar-refractivity contribution in [2.24, 2.45) is 0 Å². The highest BCUT2D eigenvalue weighted by molar-refractivity contribution is 5.89. The van der Waals surface area contributed by atoms with E-state index in [1.807, 2.05) is 73.7 Å². The molecule has 2 nitrogen and oxygen atoms in total. The Balaban J connectivity index is 1.49. The van der Waals surface area contributed by atoms with Crippen molar-refractivity contribution in [2.75, 3.05) is 0 Å². The summed E-state index contributed by atoms with van der Waals surface area (Å²) in [6.45, 7) is 2.56. The van der Waals surface area contributed by atoms with E-state index in [4.69, 9.17) is 4.74 Å². The Morgan fingerprint density at radius 2 is 1.59 bits per heavy atom. The van der Waals surface area contributed by atoms with Gasteiger partial charge in [-0.05, 0) is 52.6 Å². The van der Waals surface area contributed by atoms with Gasteiger partial charge in [-0.15, -0.1) is 0 Å². The lowest BCUT2D eigenvalue weighted by atomic mass is 10.0. The van der Waals surface area contributed by atoms with Crippen LogP contribution < -0.4 is 4.74 Å². The van der Waals surface area contributed by atoms with Crippen LogP contribution >= 0.6 is 0 Å². The SMILES string of the molecule is Cc1ccc(/C(C#N)=C/c2ccc(OCc3cccc4ccccc34)cc2)cc1. The van der Waals surface area contributed by atoms with E-state index in [1.165, 1.54) is 21.9 Å². The highest BCUT2D eigenvalue weighted by Crippen LogP contribution is 2.23. The van der Waals surface area contributed by atoms with Gasteiger partial charge in [0.25, 0.3) is 0 Å². The molecule has 4 aromatic rings. The monoisotopic (exact) mass is 375 g/mol. The summed E-state index contributed by atoms with van der Waals surface area (Å²) in [5.74, 6) is 0.809. The zero-order valence-corrected chi connectivity index (χ0v) is 16.3. The minimum absolute atomic E-state index is 0.517. The van der Waals surface area contributed by atoms with Crippen LogP contribution in [-0.4, -0.2) is 0 Å². The number of fused-ring (bicyclic) bond motifs is 1. The maximum Gasteiger partial charge on any atom is 0.119 e. The zero-order chi connectivity index (χ0) is 20.1. The lowest BCUT2D eigenvalue weighted by Crippen LogP contribution is -1.96. The zero-order valence-electron chi connectivity index (χ0n) is 16.3. The smallest absolute Gasteiger partial charge is 0.119 e. The van der Waals surface area contributed by atoms with Gasteiger partial charge in [0, 0.05) is 0 Å². The third kappa shape index (κ3) is 4.36. The van der Waals surface area contributed by atoms with Crippen LogP contribution in [0.1, 0.15) is 22.3 Å². The third-order valence-corrected chi connectivity index (χ3v) is 4.95. The molecular weight excluding hydrogens is 354 g/mol. The van der Waals surface area contributed by atoms with Crippen LogP contribution in [-0.2, 0) is 6.61 Å². The van der Waals surface area contributed by atoms with E-state index in [-0.39, 0.29) is 0 Å². The van der Waals surface area contributed by atoms with Crippen LogP contribution in [0, 0.1) is 18.3 Å². The molecule has 0 N–H and O–H groups in total. The molecule has 0 amide bonds. The summed E-state index contributed by atoms with van der Waals surface area (Å²) in [6.07, 6.45) is 1.90. The van der Waals surface area contributed by atoms with E-state index in [2.05, 4.69) is 36.4 Å². The van der Waals surface area contributed by atoms with Gasteiger partial charge >= 0.3 is 0 Å². The molecule has 2 heteroatoms. The first-order valence-electron chi connectivity index (χ1n) is 9.61. The van der Waals surface area contributed by atoms with Crippen molar-refractivity contribution in [1.29, 1.82) is 5.26 Å². The Labute approximate surface area is 171 Å². The molecule has 0 saturated carbocycles. The Morgan fingerprint density at radius 1 is 0.862 bits per heavy atom. The van der Waals surface area contributed by atoms with E-state index in [1.54, 1.807) is 0 Å². The molecular formula is C27H21NO. The number of hydrogen-bond donors (Lipinski definition) is 0. The summed E-state index contributed by atoms with van der Waals surface area (Å²) >= 11 is 0. The van der Waals surface area contributed by atoms with Crippen molar-refractivity contribution in [3.05, 3.63) is 113 Å². The fourth-order valence-corrected chi connectivity index (χ4v) is 3.32. The lowest BCUT2D eigenvalue weighted by Gasteiger charge is -2.09. The number of ether oxygens (including phenoxy) is 1. The van der Waals surface area contributed by atoms with Crippen molar-refractivity contribution in [3.8, 4) is 11.8 Å². The maximum absolute atomic E-state index is 9.52. The summed E-state index contributed by atoms with van der Waals surface area (Å²) in [4.78, 5) is 0. The molecule has 0 spiro atoms. The molecule has 0 aliphatic heterocycles. The molecule has 4 aromatic carbocycles. The number of allylic oxidation sites excluding steroid dienone is 1. The van der Waals surface area contributed by atoms with Gasteiger partial charge in [-0.2, -0.15) is 5.26 Å². The van der Waals surface area contributed by atoms with Gasteiger partial charge in [0.05, 0.1) is 11.6 Å². The van der Waals surface area contributed by atoms with Crippen molar-refractivity contribution in [2.45, 2.75) is 13.5 Å². The Kier molecular flexibility index (Phi) is 5.40. The second-order valence-corrected chi connectivity index (χ2v) is 7.03. The number of hydrogen-bond acceptors (Lipinski definition) is 2. The van der Waals surface area contributed by atoms with E-state index < -0.39 is 0 Å². The van der Waals surface area contributed by atoms with Crippen LogP contribution in [0.2, 0.25) is 0 Å². The molecule has 0 fully saturated rings. The van der Waals surface area contributed by atoms with E-state index in [9.17, 15) is 5.26 Å². The number of nitrogens with zero attached hydrogens (tertiary/aromatic N) is 1. The third-order valence-electron chi connectivity index (χ3n) is 4.95. The average molecular weight is 375 g/mol. The van der Waals surface area contributed by atoms with Crippen LogP contribution in [0.15, 0.2) is 91.0 Å². The Bertz CT molecular complexity index is 1190. The molecule has 0 aliphatic rings. The van der Waals surface area contributed by atoms with Crippen LogP contribution in [0.4, 0.5) is 0 Å². The van der Waals surface area contributed by atoms with Crippen LogP contribution in [0.3, 0.4) is 0 Å². The number of rotatable bonds is 5. The van der Waals surface area contributed by atoms with Crippen molar-refractivity contribution < 1.29 is 4.74 Å². The molecule has 0 unspecified atom stereocenters. The summed E-state index contributed by atoms with van der Waals surface area (Å²) < 4.78 is 6.00. The van der Waals surface area contributed by atoms with E-state index in [0.717, 1.165) is 16.9 Å². The molecule has 0 bridgehead atoms. The first-order chi connectivity index (χ1) is 14.2. The summed E-state index contributed by atoms with van der Waals surface area (Å²) in [6, 6.07) is 32.7. The fourth-order valence-electron chi connectivity index (χ4n) is 3.32. The largest absolute Gasteiger partial charge is 0.489 e. The van der Waals surface area contributed by atoms with E-state index in [0.29, 0.717) is 12.2 Å². The Morgan fingerprint density at radius 3 is 2.34 bits per heavy atom. The normalized spacial score (nSPS) is 11.2. The lowest BCUT2D eigenvalue weighted by molar-refractivity contribution is 0.307. The molecule has 0 radical (unpaired) electrons. The maximum atomic E-state index is 9.52. The fraction of sp³-hybridized carbons (Fsp3) is 0.0741. The number of benzene rings is 4. The average Bonchev–Trinajstić information content (AvgIpc) is 2.77. The molecule has 4 rings (SSSR count). The molecule has 0 saturated heterocycles. The molecule has 0 aromatic heterocycles. The van der Waals surface area contributed by atoms with Gasteiger partial charge in [0.1, 0.15) is 12.4 Å². The Hall–Kier alpha value is -3.83. The molecule has 0 atom stereocenters. The highest BCUT2D eigenvalue weighted by atomic mass is 16.5. The number of nitriles is 1. The van der Waals surface area contributed by atoms with Crippen molar-refractivity contribution >= 4 is 22.4 Å². The van der Waals surface area contributed by atoms with Gasteiger partial charge < -0.3 is 4.74 Å². The van der Waals surface area contributed by atoms with Crippen LogP contribution in [0.25, 0.3) is 22.4 Å². The van der Waals surface area contributed by atoms with Gasteiger partial charge in [-0.1, -0.05) is 84.4 Å². The molecule has 0 heterocycles.